The number of halogens is 4. The van der Waals surface area contributed by atoms with E-state index in [9.17, 15) is 21.6 Å². The van der Waals surface area contributed by atoms with Crippen molar-refractivity contribution in [1.82, 2.24) is 19.9 Å². The molecule has 4 aromatic rings. The molecule has 0 aliphatic heterocycles. The largest absolute Gasteiger partial charge is 0.325 e. The van der Waals surface area contributed by atoms with E-state index in [-0.39, 0.29) is 27.7 Å². The predicted octanol–water partition coefficient (Wildman–Crippen LogP) is 5.34. The SMILES string of the molecule is Cc1nccc(Nc2cc(-c3cnc(Cl)c(CS(=O)(=O)c4ccc(F)cc4F)c3C)c(F)cn2)n1. The maximum Gasteiger partial charge on any atom is 0.185 e. The smallest absolute Gasteiger partial charge is 0.185 e. The zero-order chi connectivity index (χ0) is 25.3. The number of anilines is 2. The molecule has 4 rings (SSSR count). The van der Waals surface area contributed by atoms with Crippen LogP contribution < -0.4 is 5.32 Å². The molecule has 0 fully saturated rings. The zero-order valence-electron chi connectivity index (χ0n) is 18.4. The van der Waals surface area contributed by atoms with Gasteiger partial charge in [0.1, 0.15) is 45.0 Å². The van der Waals surface area contributed by atoms with E-state index in [2.05, 4.69) is 25.3 Å². The molecule has 0 saturated carbocycles. The Morgan fingerprint density at radius 2 is 1.69 bits per heavy atom. The monoisotopic (exact) mass is 519 g/mol. The standard InChI is InChI=1S/C23H17ClF3N5O2S/c1-12-16(15-8-22(29-10-19(15)27)32-21-5-6-28-13(2)31-21)9-30-23(24)17(12)11-35(33,34)20-4-3-14(25)7-18(20)26/h3-10H,11H2,1-2H3,(H,28,29,31,32). The lowest BCUT2D eigenvalue weighted by molar-refractivity contribution is 0.548. The summed E-state index contributed by atoms with van der Waals surface area (Å²) >= 11 is 6.18. The molecule has 7 nitrogen and oxygen atoms in total. The molecule has 0 amide bonds. The molecule has 12 heteroatoms. The van der Waals surface area contributed by atoms with Crippen molar-refractivity contribution in [2.45, 2.75) is 24.5 Å². The van der Waals surface area contributed by atoms with Gasteiger partial charge in [-0.2, -0.15) is 0 Å². The number of aryl methyl sites for hydroxylation is 1. The molecule has 35 heavy (non-hydrogen) atoms. The molecule has 0 saturated heterocycles. The highest BCUT2D eigenvalue weighted by atomic mass is 35.5. The van der Waals surface area contributed by atoms with Crippen LogP contribution in [0, 0.1) is 31.3 Å². The van der Waals surface area contributed by atoms with Gasteiger partial charge in [0, 0.05) is 35.2 Å². The third-order valence-corrected chi connectivity index (χ3v) is 7.15. The van der Waals surface area contributed by atoms with Crippen LogP contribution in [0.25, 0.3) is 11.1 Å². The van der Waals surface area contributed by atoms with Gasteiger partial charge in [0.25, 0.3) is 0 Å². The maximum absolute atomic E-state index is 14.8. The first-order valence-corrected chi connectivity index (χ1v) is 12.1. The molecule has 0 aliphatic rings. The fourth-order valence-electron chi connectivity index (χ4n) is 3.42. The molecule has 0 aliphatic carbocycles. The van der Waals surface area contributed by atoms with E-state index in [0.717, 1.165) is 18.3 Å². The number of nitrogens with one attached hydrogen (secondary N) is 1. The highest BCUT2D eigenvalue weighted by molar-refractivity contribution is 7.90. The van der Waals surface area contributed by atoms with Crippen molar-refractivity contribution >= 4 is 33.1 Å². The second-order valence-electron chi connectivity index (χ2n) is 7.56. The Labute approximate surface area is 204 Å². The lowest BCUT2D eigenvalue weighted by atomic mass is 10.0. The van der Waals surface area contributed by atoms with Gasteiger partial charge in [0.05, 0.1) is 11.9 Å². The molecular formula is C23H17ClF3N5O2S. The Morgan fingerprint density at radius 1 is 0.914 bits per heavy atom. The molecular weight excluding hydrogens is 503 g/mol. The molecule has 0 atom stereocenters. The first-order chi connectivity index (χ1) is 16.5. The second kappa shape index (κ2) is 9.59. The van der Waals surface area contributed by atoms with Crippen LogP contribution in [0.2, 0.25) is 5.15 Å². The number of hydrogen-bond acceptors (Lipinski definition) is 7. The number of pyridine rings is 2. The average Bonchev–Trinajstić information content (AvgIpc) is 2.78. The summed E-state index contributed by atoms with van der Waals surface area (Å²) in [4.78, 5) is 15.6. The Bertz CT molecular complexity index is 1550. The van der Waals surface area contributed by atoms with Crippen molar-refractivity contribution in [3.63, 3.8) is 0 Å². The topological polar surface area (TPSA) is 97.7 Å². The molecule has 1 aromatic carbocycles. The van der Waals surface area contributed by atoms with Gasteiger partial charge in [-0.25, -0.2) is 41.5 Å². The van der Waals surface area contributed by atoms with E-state index in [4.69, 9.17) is 11.6 Å². The van der Waals surface area contributed by atoms with Crippen molar-refractivity contribution in [3.8, 4) is 11.1 Å². The fourth-order valence-corrected chi connectivity index (χ4v) is 5.28. The van der Waals surface area contributed by atoms with Gasteiger partial charge >= 0.3 is 0 Å². The highest BCUT2D eigenvalue weighted by Gasteiger charge is 2.25. The van der Waals surface area contributed by atoms with Crippen LogP contribution in [0.1, 0.15) is 17.0 Å². The van der Waals surface area contributed by atoms with Gasteiger partial charge in [-0.15, -0.1) is 0 Å². The minimum Gasteiger partial charge on any atom is -0.325 e. The van der Waals surface area contributed by atoms with Crippen LogP contribution >= 0.6 is 11.6 Å². The summed E-state index contributed by atoms with van der Waals surface area (Å²) in [7, 11) is -4.27. The lowest BCUT2D eigenvalue weighted by Crippen LogP contribution is -2.10. The van der Waals surface area contributed by atoms with E-state index < -0.39 is 37.9 Å². The summed E-state index contributed by atoms with van der Waals surface area (Å²) < 4.78 is 67.9. The fraction of sp³-hybridized carbons (Fsp3) is 0.130. The van der Waals surface area contributed by atoms with Crippen molar-refractivity contribution in [2.75, 3.05) is 5.32 Å². The van der Waals surface area contributed by atoms with Crippen LogP contribution in [0.5, 0.6) is 0 Å². The third-order valence-electron chi connectivity index (χ3n) is 5.15. The van der Waals surface area contributed by atoms with E-state index >= 15 is 0 Å². The molecule has 0 unspecified atom stereocenters. The molecule has 180 valence electrons. The van der Waals surface area contributed by atoms with Gasteiger partial charge in [-0.05, 0) is 43.7 Å². The number of benzene rings is 1. The van der Waals surface area contributed by atoms with Crippen LogP contribution in [0.4, 0.5) is 24.8 Å². The average molecular weight is 520 g/mol. The highest BCUT2D eigenvalue weighted by Crippen LogP contribution is 2.34. The molecule has 0 spiro atoms. The number of nitrogens with zero attached hydrogens (tertiary/aromatic N) is 4. The van der Waals surface area contributed by atoms with Gasteiger partial charge in [0.15, 0.2) is 9.84 Å². The van der Waals surface area contributed by atoms with Crippen molar-refractivity contribution in [1.29, 1.82) is 0 Å². The molecule has 3 heterocycles. The summed E-state index contributed by atoms with van der Waals surface area (Å²) in [6, 6.07) is 5.21. The van der Waals surface area contributed by atoms with Crippen molar-refractivity contribution < 1.29 is 21.6 Å². The predicted molar refractivity (Wildman–Crippen MR) is 124 cm³/mol. The summed E-state index contributed by atoms with van der Waals surface area (Å²) in [6.07, 6.45) is 3.87. The lowest BCUT2D eigenvalue weighted by Gasteiger charge is -2.15. The van der Waals surface area contributed by atoms with Crippen LogP contribution in [-0.4, -0.2) is 28.4 Å². The first-order valence-electron chi connectivity index (χ1n) is 10.1. The van der Waals surface area contributed by atoms with Crippen molar-refractivity contribution in [3.05, 3.63) is 88.5 Å². The number of rotatable bonds is 6. The number of hydrogen-bond donors (Lipinski definition) is 1. The molecule has 0 bridgehead atoms. The first kappa shape index (κ1) is 24.6. The van der Waals surface area contributed by atoms with Gasteiger partial charge in [-0.1, -0.05) is 11.6 Å². The van der Waals surface area contributed by atoms with Crippen LogP contribution in [0.3, 0.4) is 0 Å². The number of aromatic nitrogens is 4. The normalized spacial score (nSPS) is 11.5. The van der Waals surface area contributed by atoms with Crippen molar-refractivity contribution in [2.24, 2.45) is 0 Å². The van der Waals surface area contributed by atoms with E-state index in [1.54, 1.807) is 26.1 Å². The summed E-state index contributed by atoms with van der Waals surface area (Å²) in [5.74, 6) is -2.29. The molecule has 1 N–H and O–H groups in total. The van der Waals surface area contributed by atoms with E-state index in [1.165, 1.54) is 12.3 Å². The maximum atomic E-state index is 14.8. The summed E-state index contributed by atoms with van der Waals surface area (Å²) in [5, 5.41) is 2.82. The van der Waals surface area contributed by atoms with Crippen LogP contribution in [-0.2, 0) is 15.6 Å². The van der Waals surface area contributed by atoms with E-state index in [1.807, 2.05) is 0 Å². The molecule has 0 radical (unpaired) electrons. The second-order valence-corrected chi connectivity index (χ2v) is 9.88. The van der Waals surface area contributed by atoms with Gasteiger partial charge in [-0.3, -0.25) is 0 Å². The quantitative estimate of drug-likeness (QED) is 0.271. The third kappa shape index (κ3) is 5.25. The minimum atomic E-state index is -4.27. The minimum absolute atomic E-state index is 0.0602. The van der Waals surface area contributed by atoms with Gasteiger partial charge < -0.3 is 5.32 Å². The van der Waals surface area contributed by atoms with Crippen LogP contribution in [0.15, 0.2) is 53.8 Å². The Balaban J connectivity index is 1.74. The molecule has 3 aromatic heterocycles. The summed E-state index contributed by atoms with van der Waals surface area (Å²) in [6.45, 7) is 3.26. The van der Waals surface area contributed by atoms with Gasteiger partial charge in [0.2, 0.25) is 0 Å². The Kier molecular flexibility index (Phi) is 6.73. The zero-order valence-corrected chi connectivity index (χ0v) is 19.9. The Hall–Kier alpha value is -3.57. The summed E-state index contributed by atoms with van der Waals surface area (Å²) in [5.41, 5.74) is 0.734. The Morgan fingerprint density at radius 3 is 2.40 bits per heavy atom. The van der Waals surface area contributed by atoms with E-state index in [0.29, 0.717) is 23.3 Å². The number of sulfone groups is 1.